The number of unbranched alkanes of at least 4 members (excludes halogenated alkanes) is 3. The van der Waals surface area contributed by atoms with Crippen LogP contribution in [0.15, 0.2) is 0 Å². The van der Waals surface area contributed by atoms with Gasteiger partial charge in [-0.1, -0.05) is 13.3 Å². The molecule has 0 amide bonds. The van der Waals surface area contributed by atoms with Gasteiger partial charge in [0.1, 0.15) is 0 Å². The van der Waals surface area contributed by atoms with E-state index in [4.69, 9.17) is 9.47 Å². The fourth-order valence-corrected chi connectivity index (χ4v) is 1.08. The van der Waals surface area contributed by atoms with Gasteiger partial charge in [-0.05, 0) is 32.6 Å². The fourth-order valence-electron chi connectivity index (χ4n) is 1.08. The molecular formula is C11H24O2. The third kappa shape index (κ3) is 11.9. The zero-order chi connectivity index (χ0) is 9.78. The van der Waals surface area contributed by atoms with Crippen LogP contribution in [0.4, 0.5) is 0 Å². The summed E-state index contributed by atoms with van der Waals surface area (Å²) in [6.07, 6.45) is 6.00. The summed E-state index contributed by atoms with van der Waals surface area (Å²) in [6.45, 7) is 7.83. The zero-order valence-electron chi connectivity index (χ0n) is 9.18. The molecule has 0 spiro atoms. The molecule has 0 aromatic rings. The summed E-state index contributed by atoms with van der Waals surface area (Å²) in [5.74, 6) is 0. The average molecular weight is 188 g/mol. The molecule has 0 fully saturated rings. The van der Waals surface area contributed by atoms with E-state index in [1.54, 1.807) is 0 Å². The summed E-state index contributed by atoms with van der Waals surface area (Å²) in [5.41, 5.74) is 0. The van der Waals surface area contributed by atoms with Gasteiger partial charge in [0.05, 0.1) is 0 Å². The Labute approximate surface area is 82.6 Å². The fraction of sp³-hybridized carbons (Fsp3) is 1.00. The lowest BCUT2D eigenvalue weighted by atomic mass is 10.2. The summed E-state index contributed by atoms with van der Waals surface area (Å²) in [4.78, 5) is 0. The van der Waals surface area contributed by atoms with Crippen LogP contribution in [-0.4, -0.2) is 26.4 Å². The maximum absolute atomic E-state index is 5.44. The molecule has 0 N–H and O–H groups in total. The Kier molecular flexibility index (Phi) is 11.8. The molecular weight excluding hydrogens is 164 g/mol. The van der Waals surface area contributed by atoms with Crippen molar-refractivity contribution in [1.82, 2.24) is 0 Å². The van der Waals surface area contributed by atoms with Crippen LogP contribution >= 0.6 is 0 Å². The van der Waals surface area contributed by atoms with Gasteiger partial charge in [0.15, 0.2) is 0 Å². The van der Waals surface area contributed by atoms with Gasteiger partial charge in [-0.3, -0.25) is 0 Å². The molecule has 0 aromatic heterocycles. The SMILES string of the molecule is CCCCOCCCCCOCC. The Morgan fingerprint density at radius 3 is 1.92 bits per heavy atom. The second-order valence-electron chi connectivity index (χ2n) is 3.22. The van der Waals surface area contributed by atoms with Gasteiger partial charge < -0.3 is 9.47 Å². The Hall–Kier alpha value is -0.0800. The summed E-state index contributed by atoms with van der Waals surface area (Å²) >= 11 is 0. The Morgan fingerprint density at radius 1 is 0.692 bits per heavy atom. The van der Waals surface area contributed by atoms with E-state index in [0.29, 0.717) is 0 Å². The van der Waals surface area contributed by atoms with Gasteiger partial charge in [0, 0.05) is 26.4 Å². The molecule has 0 heterocycles. The van der Waals surface area contributed by atoms with Crippen LogP contribution in [0.1, 0.15) is 46.0 Å². The third-order valence-electron chi connectivity index (χ3n) is 1.92. The lowest BCUT2D eigenvalue weighted by Crippen LogP contribution is -1.98. The molecule has 0 saturated heterocycles. The van der Waals surface area contributed by atoms with Crippen LogP contribution < -0.4 is 0 Å². The van der Waals surface area contributed by atoms with Crippen molar-refractivity contribution < 1.29 is 9.47 Å². The normalized spacial score (nSPS) is 10.6. The summed E-state index contributed by atoms with van der Waals surface area (Å²) < 4.78 is 10.7. The summed E-state index contributed by atoms with van der Waals surface area (Å²) in [6, 6.07) is 0. The summed E-state index contributed by atoms with van der Waals surface area (Å²) in [7, 11) is 0. The van der Waals surface area contributed by atoms with E-state index in [1.807, 2.05) is 6.92 Å². The van der Waals surface area contributed by atoms with Crippen LogP contribution in [0.5, 0.6) is 0 Å². The van der Waals surface area contributed by atoms with Crippen molar-refractivity contribution in [2.24, 2.45) is 0 Å². The monoisotopic (exact) mass is 188 g/mol. The first kappa shape index (κ1) is 12.9. The largest absolute Gasteiger partial charge is 0.382 e. The van der Waals surface area contributed by atoms with Crippen molar-refractivity contribution in [3.05, 3.63) is 0 Å². The molecule has 0 saturated carbocycles. The van der Waals surface area contributed by atoms with Crippen molar-refractivity contribution in [2.45, 2.75) is 46.0 Å². The molecule has 13 heavy (non-hydrogen) atoms. The molecule has 0 aliphatic rings. The average Bonchev–Trinajstić information content (AvgIpc) is 2.16. The minimum absolute atomic E-state index is 0.840. The molecule has 0 radical (unpaired) electrons. The summed E-state index contributed by atoms with van der Waals surface area (Å²) in [5, 5.41) is 0. The Balaban J connectivity index is 2.76. The number of ether oxygens (including phenoxy) is 2. The molecule has 2 heteroatoms. The molecule has 0 atom stereocenters. The first-order valence-corrected chi connectivity index (χ1v) is 5.57. The highest BCUT2D eigenvalue weighted by Crippen LogP contribution is 1.97. The van der Waals surface area contributed by atoms with E-state index in [1.165, 1.54) is 32.1 Å². The maximum atomic E-state index is 5.44. The highest BCUT2D eigenvalue weighted by Gasteiger charge is 1.90. The van der Waals surface area contributed by atoms with Gasteiger partial charge >= 0.3 is 0 Å². The highest BCUT2D eigenvalue weighted by molar-refractivity contribution is 4.41. The van der Waals surface area contributed by atoms with E-state index in [0.717, 1.165) is 26.4 Å². The molecule has 0 unspecified atom stereocenters. The van der Waals surface area contributed by atoms with Crippen molar-refractivity contribution in [3.63, 3.8) is 0 Å². The van der Waals surface area contributed by atoms with Crippen LogP contribution in [0.25, 0.3) is 0 Å². The molecule has 0 bridgehead atoms. The van der Waals surface area contributed by atoms with Crippen LogP contribution in [0.3, 0.4) is 0 Å². The van der Waals surface area contributed by atoms with Crippen molar-refractivity contribution in [2.75, 3.05) is 26.4 Å². The third-order valence-corrected chi connectivity index (χ3v) is 1.92. The van der Waals surface area contributed by atoms with Crippen molar-refractivity contribution >= 4 is 0 Å². The lowest BCUT2D eigenvalue weighted by Gasteiger charge is -2.03. The topological polar surface area (TPSA) is 18.5 Å². The van der Waals surface area contributed by atoms with Crippen LogP contribution in [0, 0.1) is 0 Å². The Bertz CT molecular complexity index is 74.2. The first-order chi connectivity index (χ1) is 6.41. The Morgan fingerprint density at radius 2 is 1.31 bits per heavy atom. The van der Waals surface area contributed by atoms with E-state index in [2.05, 4.69) is 6.92 Å². The molecule has 80 valence electrons. The van der Waals surface area contributed by atoms with Crippen molar-refractivity contribution in [3.8, 4) is 0 Å². The predicted octanol–water partition coefficient (Wildman–Crippen LogP) is 3.01. The maximum Gasteiger partial charge on any atom is 0.0466 e. The predicted molar refractivity (Wildman–Crippen MR) is 56.1 cm³/mol. The number of rotatable bonds is 10. The molecule has 2 nitrogen and oxygen atoms in total. The van der Waals surface area contributed by atoms with Crippen molar-refractivity contribution in [1.29, 1.82) is 0 Å². The lowest BCUT2D eigenvalue weighted by molar-refractivity contribution is 0.117. The first-order valence-electron chi connectivity index (χ1n) is 5.57. The molecule has 0 aliphatic heterocycles. The van der Waals surface area contributed by atoms with E-state index in [-0.39, 0.29) is 0 Å². The molecule has 0 rings (SSSR count). The van der Waals surface area contributed by atoms with E-state index in [9.17, 15) is 0 Å². The molecule has 0 aromatic carbocycles. The minimum atomic E-state index is 0.840. The standard InChI is InChI=1S/C11H24O2/c1-3-5-9-13-11-8-6-7-10-12-4-2/h3-11H2,1-2H3. The van der Waals surface area contributed by atoms with Crippen LogP contribution in [0.2, 0.25) is 0 Å². The number of hydrogen-bond donors (Lipinski definition) is 0. The zero-order valence-corrected chi connectivity index (χ0v) is 9.18. The second kappa shape index (κ2) is 11.9. The quantitative estimate of drug-likeness (QED) is 0.491. The van der Waals surface area contributed by atoms with E-state index < -0.39 is 0 Å². The second-order valence-corrected chi connectivity index (χ2v) is 3.22. The molecule has 0 aliphatic carbocycles. The van der Waals surface area contributed by atoms with E-state index >= 15 is 0 Å². The van der Waals surface area contributed by atoms with Gasteiger partial charge in [0.25, 0.3) is 0 Å². The minimum Gasteiger partial charge on any atom is -0.382 e. The van der Waals surface area contributed by atoms with Gasteiger partial charge in [-0.2, -0.15) is 0 Å². The number of hydrogen-bond acceptors (Lipinski definition) is 2. The van der Waals surface area contributed by atoms with Gasteiger partial charge in [-0.25, -0.2) is 0 Å². The smallest absolute Gasteiger partial charge is 0.0466 e. The van der Waals surface area contributed by atoms with Crippen LogP contribution in [-0.2, 0) is 9.47 Å². The van der Waals surface area contributed by atoms with Gasteiger partial charge in [-0.15, -0.1) is 0 Å². The highest BCUT2D eigenvalue weighted by atomic mass is 16.5. The van der Waals surface area contributed by atoms with Gasteiger partial charge in [0.2, 0.25) is 0 Å².